The SMILES string of the molecule is CN(C)CC1CC(n2cc(-c3ccc4ccc(-c5ccccc5)nc4c3)c3c(N)ncnc32)C1.Nc1ncnc2c1c(-c1ccc3ccc(-c4ccccc4)nc3c1)cn2C1CCC1.Nc1ncnc2c1c(-c1ccc3ccc(-c4ccccc4)nc3c1)cn2CC1CC1.Nc1ncnc2c1c(-c1ccc3cnc(-c4ccccc4)nc3c1)cn2C1CCC1. The summed E-state index contributed by atoms with van der Waals surface area (Å²) in [5.41, 5.74) is 48.6. The van der Waals surface area contributed by atoms with E-state index in [1.807, 2.05) is 91.1 Å². The summed E-state index contributed by atoms with van der Waals surface area (Å²) >= 11 is 0. The fourth-order valence-electron chi connectivity index (χ4n) is 17.9. The van der Waals surface area contributed by atoms with E-state index >= 15 is 0 Å². The lowest BCUT2D eigenvalue weighted by atomic mass is 9.80. The summed E-state index contributed by atoms with van der Waals surface area (Å²) in [7, 11) is 4.28. The van der Waals surface area contributed by atoms with Crippen LogP contribution in [0.15, 0.2) is 287 Å². The summed E-state index contributed by atoms with van der Waals surface area (Å²) in [5, 5.41) is 8.06. The predicted molar refractivity (Wildman–Crippen MR) is 499 cm³/mol. The van der Waals surface area contributed by atoms with Crippen LogP contribution in [0.4, 0.5) is 23.3 Å². The van der Waals surface area contributed by atoms with Crippen molar-refractivity contribution in [2.75, 3.05) is 43.6 Å². The summed E-state index contributed by atoms with van der Waals surface area (Å²) in [5.74, 6) is 4.28. The lowest BCUT2D eigenvalue weighted by Crippen LogP contribution is -2.33. The third-order valence-electron chi connectivity index (χ3n) is 25.1. The normalized spacial score (nSPS) is 15.2. The minimum atomic E-state index is 0.443. The minimum Gasteiger partial charge on any atom is -0.383 e. The first-order chi connectivity index (χ1) is 60.9. The number of nitrogen functional groups attached to an aromatic ring is 4. The van der Waals surface area contributed by atoms with Gasteiger partial charge in [0, 0.05) is 128 Å². The second-order valence-electron chi connectivity index (χ2n) is 33.5. The Morgan fingerprint density at radius 2 is 0.653 bits per heavy atom. The van der Waals surface area contributed by atoms with E-state index in [1.165, 1.54) is 51.4 Å². The van der Waals surface area contributed by atoms with Crippen LogP contribution in [-0.4, -0.2) is 109 Å². The Hall–Kier alpha value is -15.0. The molecule has 22 heteroatoms. The van der Waals surface area contributed by atoms with E-state index in [0.29, 0.717) is 41.4 Å². The topological polar surface area (TPSA) is 295 Å². The number of hydrogen-bond acceptors (Lipinski definition) is 18. The van der Waals surface area contributed by atoms with E-state index in [0.717, 1.165) is 215 Å². The Labute approximate surface area is 715 Å². The van der Waals surface area contributed by atoms with Gasteiger partial charge in [0.05, 0.1) is 60.7 Å². The zero-order chi connectivity index (χ0) is 83.5. The van der Waals surface area contributed by atoms with Gasteiger partial charge in [-0.3, -0.25) is 0 Å². The average Bonchev–Trinajstić information content (AvgIpc) is 1.61. The van der Waals surface area contributed by atoms with Gasteiger partial charge >= 0.3 is 0 Å². The molecule has 0 aliphatic heterocycles. The highest BCUT2D eigenvalue weighted by atomic mass is 15.1. The molecule has 22 nitrogen and oxygen atoms in total. The molecule has 0 amide bonds. The second-order valence-corrected chi connectivity index (χ2v) is 33.5. The van der Waals surface area contributed by atoms with Crippen LogP contribution in [-0.2, 0) is 6.54 Å². The van der Waals surface area contributed by atoms with Gasteiger partial charge in [0.1, 0.15) is 71.2 Å². The van der Waals surface area contributed by atoms with E-state index in [9.17, 15) is 0 Å². The Kier molecular flexibility index (Phi) is 20.0. The van der Waals surface area contributed by atoms with Crippen LogP contribution >= 0.6 is 0 Å². The first kappa shape index (κ1) is 76.4. The number of hydrogen-bond donors (Lipinski definition) is 4. The Balaban J connectivity index is 0.000000101. The maximum absolute atomic E-state index is 6.39. The molecule has 12 aromatic heterocycles. The molecule has 0 saturated heterocycles. The van der Waals surface area contributed by atoms with E-state index in [-0.39, 0.29) is 0 Å². The lowest BCUT2D eigenvalue weighted by Gasteiger charge is -2.38. The average molecular weight is 1620 g/mol. The number of fused-ring (bicyclic) bond motifs is 8. The molecule has 4 saturated carbocycles. The molecule has 4 aliphatic carbocycles. The van der Waals surface area contributed by atoms with Gasteiger partial charge < -0.3 is 46.1 Å². The van der Waals surface area contributed by atoms with Gasteiger partial charge in [0.25, 0.3) is 0 Å². The molecule has 4 fully saturated rings. The molecule has 0 atom stereocenters. The third-order valence-corrected chi connectivity index (χ3v) is 25.1. The van der Waals surface area contributed by atoms with Gasteiger partial charge in [-0.2, -0.15) is 0 Å². The molecule has 20 aromatic rings. The van der Waals surface area contributed by atoms with E-state index in [2.05, 4.69) is 252 Å². The van der Waals surface area contributed by atoms with Crippen LogP contribution in [0.25, 0.3) is 177 Å². The zero-order valence-electron chi connectivity index (χ0n) is 68.9. The first-order valence-corrected chi connectivity index (χ1v) is 42.7. The number of rotatable bonds is 15. The van der Waals surface area contributed by atoms with E-state index < -0.39 is 0 Å². The molecule has 0 bridgehead atoms. The number of pyridine rings is 3. The number of nitrogens with zero attached hydrogens (tertiary/aromatic N) is 18. The maximum atomic E-state index is 6.39. The third kappa shape index (κ3) is 14.9. The van der Waals surface area contributed by atoms with Crippen molar-refractivity contribution < 1.29 is 0 Å². The lowest BCUT2D eigenvalue weighted by molar-refractivity contribution is 0.159. The molecule has 8 N–H and O–H groups in total. The molecule has 0 radical (unpaired) electrons. The van der Waals surface area contributed by atoms with Crippen molar-refractivity contribution in [1.29, 1.82) is 0 Å². The van der Waals surface area contributed by atoms with Crippen LogP contribution in [0.1, 0.15) is 82.3 Å². The monoisotopic (exact) mass is 1620 g/mol. The molecule has 0 unspecified atom stereocenters. The molecule has 12 heterocycles. The highest BCUT2D eigenvalue weighted by molar-refractivity contribution is 6.06. The predicted octanol–water partition coefficient (Wildman–Crippen LogP) is 21.4. The maximum Gasteiger partial charge on any atom is 0.159 e. The summed E-state index contributed by atoms with van der Waals surface area (Å²) in [6.45, 7) is 2.11. The Bertz CT molecular complexity index is 7170. The highest BCUT2D eigenvalue weighted by Crippen LogP contribution is 2.47. The number of anilines is 4. The fourth-order valence-corrected chi connectivity index (χ4v) is 17.9. The van der Waals surface area contributed by atoms with Crippen molar-refractivity contribution in [2.24, 2.45) is 11.8 Å². The van der Waals surface area contributed by atoms with Crippen molar-refractivity contribution in [3.05, 3.63) is 287 Å². The summed E-state index contributed by atoms with van der Waals surface area (Å²) < 4.78 is 9.10. The summed E-state index contributed by atoms with van der Waals surface area (Å²) in [4.78, 5) is 61.8. The molecule has 0 spiro atoms. The van der Waals surface area contributed by atoms with Crippen LogP contribution in [0.3, 0.4) is 0 Å². The van der Waals surface area contributed by atoms with Crippen LogP contribution in [0.5, 0.6) is 0 Å². The zero-order valence-corrected chi connectivity index (χ0v) is 68.9. The first-order valence-electron chi connectivity index (χ1n) is 42.7. The molecule has 608 valence electrons. The van der Waals surface area contributed by atoms with Crippen molar-refractivity contribution in [1.82, 2.24) is 88.0 Å². The molecular weight excluding hydrogens is 1530 g/mol. The van der Waals surface area contributed by atoms with Crippen molar-refractivity contribution >= 4 is 111 Å². The largest absolute Gasteiger partial charge is 0.383 e. The molecule has 124 heavy (non-hydrogen) atoms. The molecular formula is C102H90N22. The van der Waals surface area contributed by atoms with Gasteiger partial charge in [-0.25, -0.2) is 64.8 Å². The summed E-state index contributed by atoms with van der Waals surface area (Å²) in [6.07, 6.45) is 29.0. The minimum absolute atomic E-state index is 0.443. The molecule has 24 rings (SSSR count). The van der Waals surface area contributed by atoms with Gasteiger partial charge in [-0.15, -0.1) is 0 Å². The fraction of sp³-hybridized carbons (Fsp3) is 0.186. The van der Waals surface area contributed by atoms with Gasteiger partial charge in [0.15, 0.2) is 5.82 Å². The van der Waals surface area contributed by atoms with Gasteiger partial charge in [-0.1, -0.05) is 188 Å². The Morgan fingerprint density at radius 3 is 1.02 bits per heavy atom. The number of aromatic nitrogens is 17. The van der Waals surface area contributed by atoms with Crippen molar-refractivity contribution in [2.45, 2.75) is 88.9 Å². The van der Waals surface area contributed by atoms with Crippen molar-refractivity contribution in [3.8, 4) is 89.7 Å². The van der Waals surface area contributed by atoms with E-state index in [1.54, 1.807) is 25.3 Å². The van der Waals surface area contributed by atoms with Crippen LogP contribution < -0.4 is 22.9 Å². The molecule has 4 aliphatic rings. The smallest absolute Gasteiger partial charge is 0.159 e. The quantitative estimate of drug-likeness (QED) is 0.0741. The highest BCUT2D eigenvalue weighted by Gasteiger charge is 2.34. The number of benzene rings is 8. The van der Waals surface area contributed by atoms with Gasteiger partial charge in [-0.05, 0) is 155 Å². The standard InChI is InChI=1S/C28H28N6.2C25H21N5.C24H20N6/c1-33(2)15-18-12-22(13-18)34-16-23(26-27(29)30-17-31-28(26)34)21-9-8-20-10-11-24(32-25(20)14-21)19-6-4-3-5-7-19;26-24-23-20(14-30(19-7-4-8-19)25(23)28-15-27-24)18-10-9-17-11-12-21(29-22(17)13-18)16-5-2-1-3-6-16;26-24-23-20(14-30(13-16-6-7-16)25(23)28-15-27-24)19-9-8-18-10-11-21(29-22(18)12-19)17-4-2-1-3-5-17;25-22-21-19(13-30(18-7-4-8-18)24(21)28-14-27-22)16-9-10-17-12-26-23(29-20(17)11-16)15-5-2-1-3-6-15/h3-11,14,16-18,22H,12-13,15H2,1-2H3,(H2,29,30,31);1-3,5-6,9-15,19H,4,7-8H2,(H2,26,27,28);1-5,8-12,14-16H,6-7,13H2,(H2,26,27,28);1-3,5-6,9-14,18H,4,7-8H2,(H2,25,27,28). The second kappa shape index (κ2) is 32.5. The Morgan fingerprint density at radius 1 is 0.315 bits per heavy atom. The van der Waals surface area contributed by atoms with Gasteiger partial charge in [0.2, 0.25) is 0 Å². The van der Waals surface area contributed by atoms with Crippen LogP contribution in [0.2, 0.25) is 0 Å². The van der Waals surface area contributed by atoms with E-state index in [4.69, 9.17) is 42.9 Å². The number of nitrogens with two attached hydrogens (primary N) is 4. The summed E-state index contributed by atoms with van der Waals surface area (Å²) in [6, 6.07) is 80.4. The molecule has 8 aromatic carbocycles. The van der Waals surface area contributed by atoms with Crippen LogP contribution in [0, 0.1) is 11.8 Å². The van der Waals surface area contributed by atoms with Crippen molar-refractivity contribution in [3.63, 3.8) is 0 Å².